The number of carbonyl (C=O) groups excluding carboxylic acids is 1. The lowest BCUT2D eigenvalue weighted by molar-refractivity contribution is -0.133. The summed E-state index contributed by atoms with van der Waals surface area (Å²) in [4.78, 5) is 14.2. The lowest BCUT2D eigenvalue weighted by atomic mass is 9.62. The molecule has 0 saturated heterocycles. The monoisotopic (exact) mass is 395 g/mol. The van der Waals surface area contributed by atoms with Crippen LogP contribution in [0.4, 0.5) is 0 Å². The first-order chi connectivity index (χ1) is 13.8. The molecule has 0 radical (unpaired) electrons. The molecule has 2 unspecified atom stereocenters. The van der Waals surface area contributed by atoms with Gasteiger partial charge in [0.25, 0.3) is 0 Å². The molecule has 3 rings (SSSR count). The second-order valence-corrected chi connectivity index (χ2v) is 8.64. The van der Waals surface area contributed by atoms with Crippen molar-refractivity contribution in [3.63, 3.8) is 0 Å². The van der Waals surface area contributed by atoms with Crippen molar-refractivity contribution in [1.82, 2.24) is 4.90 Å². The van der Waals surface area contributed by atoms with Crippen LogP contribution in [0.15, 0.2) is 60.2 Å². The Hall–Kier alpha value is -2.33. The van der Waals surface area contributed by atoms with Crippen LogP contribution in [0.2, 0.25) is 0 Å². The summed E-state index contributed by atoms with van der Waals surface area (Å²) >= 11 is 0. The van der Waals surface area contributed by atoms with Gasteiger partial charge in [0, 0.05) is 25.4 Å². The SMILES string of the molecule is COc1ccc(COCC2=CC=C[C@]3(C)C=CC(C(C)C(=O)N(C)C)C[C@H]23)cc1. The number of methoxy groups -OCH3 is 1. The predicted molar refractivity (Wildman–Crippen MR) is 117 cm³/mol. The van der Waals surface area contributed by atoms with E-state index in [4.69, 9.17) is 9.47 Å². The van der Waals surface area contributed by atoms with Gasteiger partial charge in [0.1, 0.15) is 5.75 Å². The van der Waals surface area contributed by atoms with E-state index in [1.807, 2.05) is 45.3 Å². The number of fused-ring (bicyclic) bond motifs is 1. The van der Waals surface area contributed by atoms with Crippen LogP contribution in [0, 0.1) is 23.2 Å². The molecule has 4 atom stereocenters. The Morgan fingerprint density at radius 3 is 2.59 bits per heavy atom. The number of ether oxygens (including phenoxy) is 2. The minimum atomic E-state index is -0.0156. The maximum Gasteiger partial charge on any atom is 0.225 e. The van der Waals surface area contributed by atoms with Gasteiger partial charge >= 0.3 is 0 Å². The van der Waals surface area contributed by atoms with E-state index < -0.39 is 0 Å². The van der Waals surface area contributed by atoms with E-state index in [9.17, 15) is 4.79 Å². The Bertz CT molecular complexity index is 806. The molecule has 0 aromatic heterocycles. The number of carbonyl (C=O) groups is 1. The van der Waals surface area contributed by atoms with E-state index in [-0.39, 0.29) is 23.2 Å². The fourth-order valence-electron chi connectivity index (χ4n) is 4.39. The number of benzene rings is 1. The van der Waals surface area contributed by atoms with Crippen LogP contribution in [-0.4, -0.2) is 38.6 Å². The van der Waals surface area contributed by atoms with Gasteiger partial charge in [-0.15, -0.1) is 0 Å². The lowest BCUT2D eigenvalue weighted by Gasteiger charge is -2.43. The Kier molecular flexibility index (Phi) is 6.63. The molecule has 2 aliphatic rings. The second-order valence-electron chi connectivity index (χ2n) is 8.64. The van der Waals surface area contributed by atoms with Gasteiger partial charge in [-0.05, 0) is 41.5 Å². The summed E-state index contributed by atoms with van der Waals surface area (Å²) in [5.41, 5.74) is 2.43. The standard InChI is InChI=1S/C25H33NO3/c1-18(24(27)26(3)4)20-12-14-25(2)13-6-7-21(23(25)15-20)17-29-16-19-8-10-22(28-5)11-9-19/h6-14,18,20,23H,15-17H2,1-5H3/t18?,20?,23-,25-/m1/s1. The highest BCUT2D eigenvalue weighted by Gasteiger charge is 2.40. The normalized spacial score (nSPS) is 26.4. The molecule has 0 heterocycles. The first kappa shape index (κ1) is 21.4. The van der Waals surface area contributed by atoms with Crippen molar-refractivity contribution in [2.24, 2.45) is 23.2 Å². The molecule has 1 aromatic carbocycles. The predicted octanol–water partition coefficient (Wildman–Crippen LogP) is 4.63. The van der Waals surface area contributed by atoms with E-state index in [1.165, 1.54) is 5.57 Å². The number of nitrogens with zero attached hydrogens (tertiary/aromatic N) is 1. The molecule has 4 nitrogen and oxygen atoms in total. The molecular weight excluding hydrogens is 362 g/mol. The fraction of sp³-hybridized carbons (Fsp3) is 0.480. The number of amides is 1. The molecule has 0 fully saturated rings. The molecule has 4 heteroatoms. The molecular formula is C25H33NO3. The Morgan fingerprint density at radius 2 is 1.93 bits per heavy atom. The maximum absolute atomic E-state index is 12.5. The van der Waals surface area contributed by atoms with Crippen molar-refractivity contribution in [3.05, 3.63) is 65.8 Å². The molecule has 0 N–H and O–H groups in total. The molecule has 0 aliphatic heterocycles. The van der Waals surface area contributed by atoms with Crippen LogP contribution in [0.5, 0.6) is 5.75 Å². The van der Waals surface area contributed by atoms with E-state index in [1.54, 1.807) is 12.0 Å². The molecule has 1 amide bonds. The van der Waals surface area contributed by atoms with Crippen molar-refractivity contribution in [2.45, 2.75) is 26.9 Å². The van der Waals surface area contributed by atoms with E-state index in [2.05, 4.69) is 37.3 Å². The van der Waals surface area contributed by atoms with Gasteiger partial charge in [-0.3, -0.25) is 4.79 Å². The summed E-state index contributed by atoms with van der Waals surface area (Å²) in [6, 6.07) is 7.98. The van der Waals surface area contributed by atoms with Gasteiger partial charge in [-0.25, -0.2) is 0 Å². The molecule has 0 saturated carbocycles. The number of hydrogen-bond acceptors (Lipinski definition) is 3. The quantitative estimate of drug-likeness (QED) is 0.632. The Morgan fingerprint density at radius 1 is 1.21 bits per heavy atom. The van der Waals surface area contributed by atoms with Crippen LogP contribution in [-0.2, 0) is 16.1 Å². The van der Waals surface area contributed by atoms with Crippen molar-refractivity contribution in [2.75, 3.05) is 27.8 Å². The van der Waals surface area contributed by atoms with Crippen LogP contribution in [0.1, 0.15) is 25.8 Å². The third-order valence-electron chi connectivity index (χ3n) is 6.34. The molecule has 29 heavy (non-hydrogen) atoms. The second kappa shape index (κ2) is 9.00. The summed E-state index contributed by atoms with van der Waals surface area (Å²) in [6.07, 6.45) is 12.1. The van der Waals surface area contributed by atoms with E-state index in [0.717, 1.165) is 17.7 Å². The molecule has 0 spiro atoms. The third kappa shape index (κ3) is 4.81. The summed E-state index contributed by atoms with van der Waals surface area (Å²) in [5, 5.41) is 0. The summed E-state index contributed by atoms with van der Waals surface area (Å²) < 4.78 is 11.3. The first-order valence-corrected chi connectivity index (χ1v) is 10.3. The maximum atomic E-state index is 12.5. The van der Waals surface area contributed by atoms with Crippen molar-refractivity contribution in [3.8, 4) is 5.75 Å². The zero-order valence-corrected chi connectivity index (χ0v) is 18.2. The summed E-state index contributed by atoms with van der Waals surface area (Å²) in [7, 11) is 5.33. The first-order valence-electron chi connectivity index (χ1n) is 10.3. The van der Waals surface area contributed by atoms with Gasteiger partial charge in [-0.1, -0.05) is 56.4 Å². The van der Waals surface area contributed by atoms with Gasteiger partial charge in [0.15, 0.2) is 0 Å². The zero-order valence-electron chi connectivity index (χ0n) is 18.2. The largest absolute Gasteiger partial charge is 0.497 e. The average Bonchev–Trinajstić information content (AvgIpc) is 2.72. The zero-order chi connectivity index (χ0) is 21.0. The fourth-order valence-corrected chi connectivity index (χ4v) is 4.39. The molecule has 156 valence electrons. The molecule has 2 aliphatic carbocycles. The third-order valence-corrected chi connectivity index (χ3v) is 6.34. The van der Waals surface area contributed by atoms with Crippen molar-refractivity contribution < 1.29 is 14.3 Å². The lowest BCUT2D eigenvalue weighted by Crippen LogP contribution is -2.38. The van der Waals surface area contributed by atoms with Crippen LogP contribution >= 0.6 is 0 Å². The van der Waals surface area contributed by atoms with Crippen LogP contribution in [0.25, 0.3) is 0 Å². The van der Waals surface area contributed by atoms with Crippen LogP contribution in [0.3, 0.4) is 0 Å². The number of hydrogen-bond donors (Lipinski definition) is 0. The summed E-state index contributed by atoms with van der Waals surface area (Å²) in [5.74, 6) is 1.63. The van der Waals surface area contributed by atoms with E-state index >= 15 is 0 Å². The number of allylic oxidation sites excluding steroid dienone is 5. The summed E-state index contributed by atoms with van der Waals surface area (Å²) in [6.45, 7) is 5.49. The topological polar surface area (TPSA) is 38.8 Å². The molecule has 1 aromatic rings. The molecule has 0 bridgehead atoms. The number of rotatable bonds is 7. The van der Waals surface area contributed by atoms with Gasteiger partial charge in [0.05, 0.1) is 20.3 Å². The van der Waals surface area contributed by atoms with Gasteiger partial charge in [-0.2, -0.15) is 0 Å². The Balaban J connectivity index is 1.65. The average molecular weight is 396 g/mol. The minimum absolute atomic E-state index is 0.00899. The van der Waals surface area contributed by atoms with Crippen molar-refractivity contribution >= 4 is 5.91 Å². The highest BCUT2D eigenvalue weighted by atomic mass is 16.5. The highest BCUT2D eigenvalue weighted by Crippen LogP contribution is 2.47. The van der Waals surface area contributed by atoms with Crippen LogP contribution < -0.4 is 4.74 Å². The smallest absolute Gasteiger partial charge is 0.225 e. The van der Waals surface area contributed by atoms with Gasteiger partial charge < -0.3 is 14.4 Å². The minimum Gasteiger partial charge on any atom is -0.497 e. The highest BCUT2D eigenvalue weighted by molar-refractivity contribution is 5.78. The Labute approximate surface area is 174 Å². The van der Waals surface area contributed by atoms with Crippen molar-refractivity contribution in [1.29, 1.82) is 0 Å². The van der Waals surface area contributed by atoms with Gasteiger partial charge in [0.2, 0.25) is 5.91 Å². The van der Waals surface area contributed by atoms with E-state index in [0.29, 0.717) is 19.1 Å².